The second kappa shape index (κ2) is 7.15. The van der Waals surface area contributed by atoms with Crippen LogP contribution in [0.15, 0.2) is 39.6 Å². The van der Waals surface area contributed by atoms with Crippen molar-refractivity contribution < 1.29 is 9.18 Å². The number of aromatic nitrogens is 2. The fourth-order valence-electron chi connectivity index (χ4n) is 2.11. The number of nitrogens with zero attached hydrogens (tertiary/aromatic N) is 2. The van der Waals surface area contributed by atoms with Gasteiger partial charge in [-0.05, 0) is 36.6 Å². The molecular formula is C16H13ClFN3O2S2. The van der Waals surface area contributed by atoms with Crippen LogP contribution < -0.4 is 10.9 Å². The second-order valence-electron chi connectivity index (χ2n) is 5.27. The molecule has 0 saturated heterocycles. The molecule has 0 aliphatic carbocycles. The second-order valence-corrected chi connectivity index (χ2v) is 7.93. The summed E-state index contributed by atoms with van der Waals surface area (Å²) in [6.45, 7) is 1.66. The Hall–Kier alpha value is -1.90. The van der Waals surface area contributed by atoms with Crippen LogP contribution in [0.5, 0.6) is 0 Å². The van der Waals surface area contributed by atoms with E-state index in [1.165, 1.54) is 28.0 Å². The molecule has 3 rings (SSSR count). The zero-order valence-electron chi connectivity index (χ0n) is 13.2. The Labute approximate surface area is 155 Å². The minimum absolute atomic E-state index is 0.0528. The fourth-order valence-corrected chi connectivity index (χ4v) is 3.95. The predicted octanol–water partition coefficient (Wildman–Crippen LogP) is 3.91. The van der Waals surface area contributed by atoms with Crippen LogP contribution >= 0.6 is 34.7 Å². The van der Waals surface area contributed by atoms with E-state index in [2.05, 4.69) is 10.3 Å². The summed E-state index contributed by atoms with van der Waals surface area (Å²) < 4.78 is 15.8. The Morgan fingerprint density at radius 3 is 2.92 bits per heavy atom. The zero-order valence-corrected chi connectivity index (χ0v) is 15.6. The first kappa shape index (κ1) is 17.9. The van der Waals surface area contributed by atoms with E-state index in [4.69, 9.17) is 11.6 Å². The van der Waals surface area contributed by atoms with Crippen LogP contribution in [0.4, 0.5) is 10.1 Å². The van der Waals surface area contributed by atoms with Gasteiger partial charge >= 0.3 is 0 Å². The van der Waals surface area contributed by atoms with Crippen LogP contribution in [0.3, 0.4) is 0 Å². The van der Waals surface area contributed by atoms with Crippen LogP contribution in [0, 0.1) is 5.82 Å². The maximum absolute atomic E-state index is 13.8. The van der Waals surface area contributed by atoms with Gasteiger partial charge in [0.25, 0.3) is 5.56 Å². The number of rotatable bonds is 4. The van der Waals surface area contributed by atoms with Crippen molar-refractivity contribution in [2.45, 2.75) is 17.3 Å². The van der Waals surface area contributed by atoms with Gasteiger partial charge < -0.3 is 5.32 Å². The molecule has 3 aromatic rings. The van der Waals surface area contributed by atoms with E-state index in [0.717, 1.165) is 17.8 Å². The van der Waals surface area contributed by atoms with Crippen LogP contribution in [-0.2, 0) is 11.8 Å². The Bertz CT molecular complexity index is 1020. The number of halogens is 2. The number of hydrogen-bond donors (Lipinski definition) is 1. The highest BCUT2D eigenvalue weighted by Gasteiger charge is 2.19. The first-order valence-corrected chi connectivity index (χ1v) is 9.37. The number of anilines is 1. The van der Waals surface area contributed by atoms with Crippen LogP contribution in [0.2, 0.25) is 5.02 Å². The molecule has 0 fully saturated rings. The maximum Gasteiger partial charge on any atom is 0.271 e. The van der Waals surface area contributed by atoms with Crippen molar-refractivity contribution in [1.82, 2.24) is 9.55 Å². The van der Waals surface area contributed by atoms with Crippen LogP contribution in [0.25, 0.3) is 10.2 Å². The topological polar surface area (TPSA) is 64.0 Å². The summed E-state index contributed by atoms with van der Waals surface area (Å²) in [6, 6.07) is 5.79. The molecule has 1 amide bonds. The molecule has 5 nitrogen and oxygen atoms in total. The molecule has 1 unspecified atom stereocenters. The molecule has 25 heavy (non-hydrogen) atoms. The van der Waals surface area contributed by atoms with Gasteiger partial charge in [-0.25, -0.2) is 9.37 Å². The van der Waals surface area contributed by atoms with E-state index in [0.29, 0.717) is 15.4 Å². The summed E-state index contributed by atoms with van der Waals surface area (Å²) in [4.78, 5) is 29.0. The Morgan fingerprint density at radius 2 is 2.20 bits per heavy atom. The third kappa shape index (κ3) is 3.70. The van der Waals surface area contributed by atoms with Gasteiger partial charge in [-0.1, -0.05) is 23.4 Å². The van der Waals surface area contributed by atoms with E-state index in [-0.39, 0.29) is 16.3 Å². The average Bonchev–Trinajstić information content (AvgIpc) is 3.03. The molecule has 0 bridgehead atoms. The lowest BCUT2D eigenvalue weighted by atomic mass is 10.3. The molecule has 0 radical (unpaired) electrons. The molecule has 9 heteroatoms. The molecule has 0 aliphatic heterocycles. The van der Waals surface area contributed by atoms with Crippen molar-refractivity contribution in [2.24, 2.45) is 7.05 Å². The van der Waals surface area contributed by atoms with Gasteiger partial charge in [-0.15, -0.1) is 11.3 Å². The lowest BCUT2D eigenvalue weighted by molar-refractivity contribution is -0.115. The van der Waals surface area contributed by atoms with Gasteiger partial charge in [-0.2, -0.15) is 0 Å². The van der Waals surface area contributed by atoms with Gasteiger partial charge in [-0.3, -0.25) is 14.2 Å². The first-order chi connectivity index (χ1) is 11.9. The van der Waals surface area contributed by atoms with Gasteiger partial charge in [0.2, 0.25) is 5.91 Å². The molecule has 1 N–H and O–H groups in total. The molecule has 0 spiro atoms. The number of amides is 1. The highest BCUT2D eigenvalue weighted by atomic mass is 35.5. The summed E-state index contributed by atoms with van der Waals surface area (Å²) in [7, 11) is 1.61. The number of fused-ring (bicyclic) bond motifs is 1. The Kier molecular flexibility index (Phi) is 5.12. The van der Waals surface area contributed by atoms with E-state index in [1.807, 2.05) is 0 Å². The van der Waals surface area contributed by atoms with E-state index >= 15 is 0 Å². The molecule has 1 atom stereocenters. The molecule has 1 aromatic carbocycles. The summed E-state index contributed by atoms with van der Waals surface area (Å²) in [5.74, 6) is -1.01. The number of nitrogens with one attached hydrogen (secondary N) is 1. The molecule has 0 aliphatic rings. The minimum atomic E-state index is -0.608. The molecule has 2 heterocycles. The van der Waals surface area contributed by atoms with Crippen molar-refractivity contribution in [2.75, 3.05) is 5.32 Å². The minimum Gasteiger partial charge on any atom is -0.323 e. The normalized spacial score (nSPS) is 12.3. The van der Waals surface area contributed by atoms with Gasteiger partial charge in [0, 0.05) is 12.1 Å². The number of thiophene rings is 1. The standard InChI is InChI=1S/C16H13ClFN3O2S2/c1-8(14(22)19-11-4-3-9(17)7-10(11)18)25-16-20-12-5-6-24-13(12)15(23)21(16)2/h3-8H,1-2H3,(H,19,22). The lowest BCUT2D eigenvalue weighted by Gasteiger charge is -2.14. The monoisotopic (exact) mass is 397 g/mol. The van der Waals surface area contributed by atoms with Crippen molar-refractivity contribution in [3.8, 4) is 0 Å². The van der Waals surface area contributed by atoms with Gasteiger partial charge in [0.1, 0.15) is 10.5 Å². The average molecular weight is 398 g/mol. The summed E-state index contributed by atoms with van der Waals surface area (Å²) in [5.41, 5.74) is 0.503. The third-order valence-corrected chi connectivity index (χ3v) is 5.76. The van der Waals surface area contributed by atoms with Crippen molar-refractivity contribution in [3.63, 3.8) is 0 Å². The maximum atomic E-state index is 13.8. The quantitative estimate of drug-likeness (QED) is 0.535. The summed E-state index contributed by atoms with van der Waals surface area (Å²) >= 11 is 8.16. The molecule has 0 saturated carbocycles. The van der Waals surface area contributed by atoms with E-state index in [1.54, 1.807) is 25.4 Å². The van der Waals surface area contributed by atoms with Crippen LogP contribution in [-0.4, -0.2) is 20.7 Å². The SMILES string of the molecule is CC(Sc1nc2ccsc2c(=O)n1C)C(=O)Nc1ccc(Cl)cc1F. The lowest BCUT2D eigenvalue weighted by Crippen LogP contribution is -2.25. The number of thioether (sulfide) groups is 1. The highest BCUT2D eigenvalue weighted by Crippen LogP contribution is 2.25. The smallest absolute Gasteiger partial charge is 0.271 e. The Balaban J connectivity index is 1.79. The summed E-state index contributed by atoms with van der Waals surface area (Å²) in [5, 5.41) is 4.41. The molecular weight excluding hydrogens is 385 g/mol. The largest absolute Gasteiger partial charge is 0.323 e. The van der Waals surface area contributed by atoms with E-state index < -0.39 is 17.0 Å². The number of hydrogen-bond acceptors (Lipinski definition) is 5. The van der Waals surface area contributed by atoms with Crippen molar-refractivity contribution in [1.29, 1.82) is 0 Å². The Morgan fingerprint density at radius 1 is 1.44 bits per heavy atom. The molecule has 130 valence electrons. The predicted molar refractivity (Wildman–Crippen MR) is 100 cm³/mol. The van der Waals surface area contributed by atoms with E-state index in [9.17, 15) is 14.0 Å². The zero-order chi connectivity index (χ0) is 18.1. The number of benzene rings is 1. The summed E-state index contributed by atoms with van der Waals surface area (Å²) in [6.07, 6.45) is 0. The van der Waals surface area contributed by atoms with Crippen LogP contribution in [0.1, 0.15) is 6.92 Å². The van der Waals surface area contributed by atoms with Crippen molar-refractivity contribution >= 4 is 56.5 Å². The number of carbonyl (C=O) groups is 1. The van der Waals surface area contributed by atoms with Crippen molar-refractivity contribution in [3.05, 3.63) is 50.8 Å². The third-order valence-electron chi connectivity index (χ3n) is 3.49. The van der Waals surface area contributed by atoms with Gasteiger partial charge in [0.05, 0.1) is 16.5 Å². The first-order valence-electron chi connectivity index (χ1n) is 7.23. The highest BCUT2D eigenvalue weighted by molar-refractivity contribution is 8.00. The molecule has 2 aromatic heterocycles. The number of carbonyl (C=O) groups excluding carboxylic acids is 1. The fraction of sp³-hybridized carbons (Fsp3) is 0.188. The van der Waals surface area contributed by atoms with Gasteiger partial charge in [0.15, 0.2) is 5.16 Å².